The largest absolute Gasteiger partial charge is 0.357 e. The van der Waals surface area contributed by atoms with Crippen LogP contribution in [0.4, 0.5) is 4.39 Å². The van der Waals surface area contributed by atoms with Gasteiger partial charge in [0.05, 0.1) is 5.56 Å². The molecule has 1 saturated heterocycles. The summed E-state index contributed by atoms with van der Waals surface area (Å²) in [5, 5.41) is 5.59. The van der Waals surface area contributed by atoms with Crippen molar-refractivity contribution in [2.45, 2.75) is 13.0 Å². The Balaban J connectivity index is 2.30. The monoisotopic (exact) mass is 279 g/mol. The fourth-order valence-electron chi connectivity index (χ4n) is 2.31. The Bertz CT molecular complexity index is 533. The smallest absolute Gasteiger partial charge is 0.257 e. The van der Waals surface area contributed by atoms with Gasteiger partial charge in [-0.25, -0.2) is 4.39 Å². The minimum atomic E-state index is -0.610. The van der Waals surface area contributed by atoms with Crippen molar-refractivity contribution in [2.24, 2.45) is 0 Å². The molecular weight excluding hydrogens is 261 g/mol. The van der Waals surface area contributed by atoms with Gasteiger partial charge in [-0.05, 0) is 19.1 Å². The van der Waals surface area contributed by atoms with E-state index in [2.05, 4.69) is 10.6 Å². The molecule has 1 aromatic rings. The second kappa shape index (κ2) is 6.00. The highest BCUT2D eigenvalue weighted by molar-refractivity contribution is 5.98. The SMILES string of the molecule is CNC(=O)C1CNCCN1C(=O)c1cc(C)ccc1F. The van der Waals surface area contributed by atoms with Gasteiger partial charge in [0.1, 0.15) is 11.9 Å². The first kappa shape index (κ1) is 14.5. The number of carbonyl (C=O) groups is 2. The Kier molecular flexibility index (Phi) is 4.34. The number of likely N-dealkylation sites (N-methyl/N-ethyl adjacent to an activating group) is 1. The first-order chi connectivity index (χ1) is 9.54. The molecule has 0 spiro atoms. The van der Waals surface area contributed by atoms with Crippen LogP contribution in [0.1, 0.15) is 15.9 Å². The minimum Gasteiger partial charge on any atom is -0.357 e. The highest BCUT2D eigenvalue weighted by Gasteiger charge is 2.33. The fourth-order valence-corrected chi connectivity index (χ4v) is 2.31. The van der Waals surface area contributed by atoms with Crippen molar-refractivity contribution in [1.29, 1.82) is 0 Å². The Morgan fingerprint density at radius 3 is 2.90 bits per heavy atom. The highest BCUT2D eigenvalue weighted by Crippen LogP contribution is 2.15. The lowest BCUT2D eigenvalue weighted by Crippen LogP contribution is -2.59. The number of hydrogen-bond acceptors (Lipinski definition) is 3. The molecule has 1 fully saturated rings. The maximum absolute atomic E-state index is 13.8. The zero-order chi connectivity index (χ0) is 14.7. The van der Waals surface area contributed by atoms with Crippen molar-refractivity contribution in [3.05, 3.63) is 35.1 Å². The maximum Gasteiger partial charge on any atom is 0.257 e. The lowest BCUT2D eigenvalue weighted by Gasteiger charge is -2.35. The summed E-state index contributed by atoms with van der Waals surface area (Å²) in [6, 6.07) is 3.79. The predicted octanol–water partition coefficient (Wildman–Crippen LogP) is 0.294. The van der Waals surface area contributed by atoms with Crippen LogP contribution in [0.2, 0.25) is 0 Å². The molecule has 0 bridgehead atoms. The van der Waals surface area contributed by atoms with E-state index in [1.165, 1.54) is 24.1 Å². The van der Waals surface area contributed by atoms with E-state index >= 15 is 0 Å². The zero-order valence-corrected chi connectivity index (χ0v) is 11.6. The van der Waals surface area contributed by atoms with Gasteiger partial charge in [0.15, 0.2) is 0 Å². The van der Waals surface area contributed by atoms with Crippen molar-refractivity contribution in [3.8, 4) is 0 Å². The molecule has 0 aromatic heterocycles. The summed E-state index contributed by atoms with van der Waals surface area (Å²) in [6.07, 6.45) is 0. The summed E-state index contributed by atoms with van der Waals surface area (Å²) >= 11 is 0. The van der Waals surface area contributed by atoms with E-state index in [0.29, 0.717) is 19.6 Å². The molecule has 0 saturated carbocycles. The number of amides is 2. The van der Waals surface area contributed by atoms with Crippen molar-refractivity contribution in [3.63, 3.8) is 0 Å². The molecule has 6 heteroatoms. The third-order valence-corrected chi connectivity index (χ3v) is 3.41. The van der Waals surface area contributed by atoms with E-state index in [1.807, 2.05) is 0 Å². The Labute approximate surface area is 117 Å². The quantitative estimate of drug-likeness (QED) is 0.818. The van der Waals surface area contributed by atoms with Crippen molar-refractivity contribution in [1.82, 2.24) is 15.5 Å². The molecule has 20 heavy (non-hydrogen) atoms. The van der Waals surface area contributed by atoms with Gasteiger partial charge < -0.3 is 15.5 Å². The molecule has 1 heterocycles. The van der Waals surface area contributed by atoms with Gasteiger partial charge in [-0.1, -0.05) is 11.6 Å². The Morgan fingerprint density at radius 1 is 1.45 bits per heavy atom. The van der Waals surface area contributed by atoms with Crippen LogP contribution in [0.25, 0.3) is 0 Å². The molecule has 1 atom stereocenters. The van der Waals surface area contributed by atoms with Gasteiger partial charge in [-0.2, -0.15) is 0 Å². The standard InChI is InChI=1S/C14H18FN3O2/c1-9-3-4-11(15)10(7-9)14(20)18-6-5-17-8-12(18)13(19)16-2/h3-4,7,12,17H,5-6,8H2,1-2H3,(H,16,19). The van der Waals surface area contributed by atoms with Gasteiger partial charge in [-0.3, -0.25) is 9.59 Å². The van der Waals surface area contributed by atoms with Crippen LogP contribution in [0.5, 0.6) is 0 Å². The lowest BCUT2D eigenvalue weighted by molar-refractivity contribution is -0.125. The van der Waals surface area contributed by atoms with Gasteiger partial charge in [0.2, 0.25) is 5.91 Å². The van der Waals surface area contributed by atoms with E-state index in [-0.39, 0.29) is 11.5 Å². The third-order valence-electron chi connectivity index (χ3n) is 3.41. The normalized spacial score (nSPS) is 18.8. The van der Waals surface area contributed by atoms with Crippen LogP contribution < -0.4 is 10.6 Å². The van der Waals surface area contributed by atoms with Crippen LogP contribution in [-0.2, 0) is 4.79 Å². The second-order valence-electron chi connectivity index (χ2n) is 4.82. The Morgan fingerprint density at radius 2 is 2.20 bits per heavy atom. The van der Waals surface area contributed by atoms with Gasteiger partial charge >= 0.3 is 0 Å². The number of nitrogens with one attached hydrogen (secondary N) is 2. The fraction of sp³-hybridized carbons (Fsp3) is 0.429. The van der Waals surface area contributed by atoms with E-state index in [9.17, 15) is 14.0 Å². The van der Waals surface area contributed by atoms with Crippen molar-refractivity contribution >= 4 is 11.8 Å². The summed E-state index contributed by atoms with van der Waals surface area (Å²) in [5.41, 5.74) is 0.821. The number of aryl methyl sites for hydroxylation is 1. The number of nitrogens with zero attached hydrogens (tertiary/aromatic N) is 1. The molecule has 2 amide bonds. The highest BCUT2D eigenvalue weighted by atomic mass is 19.1. The topological polar surface area (TPSA) is 61.4 Å². The van der Waals surface area contributed by atoms with Gasteiger partial charge in [0.25, 0.3) is 5.91 Å². The molecule has 1 aromatic carbocycles. The van der Waals surface area contributed by atoms with E-state index in [4.69, 9.17) is 0 Å². The molecular formula is C14H18FN3O2. The average molecular weight is 279 g/mol. The molecule has 1 aliphatic rings. The molecule has 108 valence electrons. The molecule has 0 radical (unpaired) electrons. The number of hydrogen-bond donors (Lipinski definition) is 2. The van der Waals surface area contributed by atoms with E-state index in [0.717, 1.165) is 5.56 Å². The molecule has 1 aliphatic heterocycles. The Hall–Kier alpha value is -1.95. The molecule has 5 nitrogen and oxygen atoms in total. The molecule has 2 N–H and O–H groups in total. The van der Waals surface area contributed by atoms with Crippen LogP contribution in [-0.4, -0.2) is 49.4 Å². The number of carbonyl (C=O) groups excluding carboxylic acids is 2. The summed E-state index contributed by atoms with van der Waals surface area (Å²) in [6.45, 7) is 3.14. The van der Waals surface area contributed by atoms with Crippen LogP contribution in [0, 0.1) is 12.7 Å². The summed E-state index contributed by atoms with van der Waals surface area (Å²) < 4.78 is 13.8. The number of halogens is 1. The second-order valence-corrected chi connectivity index (χ2v) is 4.82. The lowest BCUT2D eigenvalue weighted by atomic mass is 10.1. The van der Waals surface area contributed by atoms with Crippen LogP contribution in [0.3, 0.4) is 0 Å². The summed E-state index contributed by atoms with van der Waals surface area (Å²) in [5.74, 6) is -1.25. The van der Waals surface area contributed by atoms with Crippen LogP contribution in [0.15, 0.2) is 18.2 Å². The number of piperazine rings is 1. The van der Waals surface area contributed by atoms with E-state index < -0.39 is 17.8 Å². The van der Waals surface area contributed by atoms with Gasteiger partial charge in [-0.15, -0.1) is 0 Å². The summed E-state index contributed by atoms with van der Waals surface area (Å²) in [4.78, 5) is 25.7. The van der Waals surface area contributed by atoms with Crippen molar-refractivity contribution < 1.29 is 14.0 Å². The predicted molar refractivity (Wildman–Crippen MR) is 72.9 cm³/mol. The number of rotatable bonds is 2. The first-order valence-corrected chi connectivity index (χ1v) is 6.54. The number of benzene rings is 1. The maximum atomic E-state index is 13.8. The molecule has 2 rings (SSSR count). The molecule has 0 aliphatic carbocycles. The zero-order valence-electron chi connectivity index (χ0n) is 11.6. The molecule has 1 unspecified atom stereocenters. The van der Waals surface area contributed by atoms with Crippen LogP contribution >= 0.6 is 0 Å². The minimum absolute atomic E-state index is 0.0146. The van der Waals surface area contributed by atoms with Gasteiger partial charge in [0, 0.05) is 26.7 Å². The third kappa shape index (κ3) is 2.80. The average Bonchev–Trinajstić information content (AvgIpc) is 2.48. The van der Waals surface area contributed by atoms with E-state index in [1.54, 1.807) is 13.0 Å². The summed E-state index contributed by atoms with van der Waals surface area (Å²) in [7, 11) is 1.52. The first-order valence-electron chi connectivity index (χ1n) is 6.54. The van der Waals surface area contributed by atoms with Crippen molar-refractivity contribution in [2.75, 3.05) is 26.7 Å².